The molecular formula is C21H18F3N3O3. The van der Waals surface area contributed by atoms with Crippen molar-refractivity contribution in [3.05, 3.63) is 65.7 Å². The van der Waals surface area contributed by atoms with E-state index < -0.39 is 23.5 Å². The summed E-state index contributed by atoms with van der Waals surface area (Å²) in [5.74, 6) is -3.31. The van der Waals surface area contributed by atoms with E-state index >= 15 is 0 Å². The van der Waals surface area contributed by atoms with Crippen molar-refractivity contribution in [1.29, 1.82) is 0 Å². The number of ether oxygens (including phenoxy) is 1. The fourth-order valence-corrected chi connectivity index (χ4v) is 3.41. The van der Waals surface area contributed by atoms with Gasteiger partial charge in [0, 0.05) is 12.6 Å². The van der Waals surface area contributed by atoms with E-state index in [0.29, 0.717) is 30.8 Å². The molecular weight excluding hydrogens is 399 g/mol. The zero-order valence-electron chi connectivity index (χ0n) is 15.9. The van der Waals surface area contributed by atoms with Gasteiger partial charge in [0.15, 0.2) is 24.1 Å². The van der Waals surface area contributed by atoms with Crippen molar-refractivity contribution >= 4 is 5.91 Å². The Balaban J connectivity index is 1.52. The zero-order valence-corrected chi connectivity index (χ0v) is 15.9. The molecule has 3 aromatic rings. The number of benzene rings is 2. The van der Waals surface area contributed by atoms with Crippen molar-refractivity contribution in [1.82, 2.24) is 15.0 Å². The summed E-state index contributed by atoms with van der Waals surface area (Å²) in [5.41, 5.74) is -0.339. The quantitative estimate of drug-likeness (QED) is 0.580. The molecule has 0 spiro atoms. The number of carbonyl (C=O) groups is 1. The van der Waals surface area contributed by atoms with Gasteiger partial charge in [-0.05, 0) is 37.5 Å². The Labute approximate surface area is 170 Å². The number of hydrogen-bond acceptors (Lipinski definition) is 5. The van der Waals surface area contributed by atoms with Gasteiger partial charge in [-0.2, -0.15) is 4.98 Å². The molecule has 6 nitrogen and oxygen atoms in total. The Kier molecular flexibility index (Phi) is 5.69. The first kappa shape index (κ1) is 19.9. The van der Waals surface area contributed by atoms with E-state index in [4.69, 9.17) is 9.26 Å². The van der Waals surface area contributed by atoms with Crippen LogP contribution in [0.2, 0.25) is 0 Å². The van der Waals surface area contributed by atoms with Crippen molar-refractivity contribution < 1.29 is 27.2 Å². The molecule has 0 saturated carbocycles. The van der Waals surface area contributed by atoms with Crippen molar-refractivity contribution in [2.24, 2.45) is 0 Å². The first-order chi connectivity index (χ1) is 14.5. The van der Waals surface area contributed by atoms with Crippen LogP contribution in [0.1, 0.15) is 31.1 Å². The van der Waals surface area contributed by atoms with Crippen molar-refractivity contribution in [2.75, 3.05) is 13.2 Å². The molecule has 4 rings (SSSR count). The van der Waals surface area contributed by atoms with E-state index in [2.05, 4.69) is 10.1 Å². The highest BCUT2D eigenvalue weighted by atomic mass is 19.2. The van der Waals surface area contributed by atoms with Gasteiger partial charge < -0.3 is 14.2 Å². The first-order valence-electron chi connectivity index (χ1n) is 9.49. The maximum atomic E-state index is 14.0. The summed E-state index contributed by atoms with van der Waals surface area (Å²) in [7, 11) is 0. The lowest BCUT2D eigenvalue weighted by atomic mass is 10.0. The SMILES string of the molecule is O=C(COc1ccccc1)N1CCCC[C@@H]1c1noc(-c2cc(F)c(F)cc2F)n1. The normalized spacial score (nSPS) is 16.5. The largest absolute Gasteiger partial charge is 0.484 e. The van der Waals surface area contributed by atoms with Crippen molar-refractivity contribution in [3.8, 4) is 17.2 Å². The van der Waals surface area contributed by atoms with Gasteiger partial charge in [0.25, 0.3) is 11.8 Å². The highest BCUT2D eigenvalue weighted by molar-refractivity contribution is 5.78. The van der Waals surface area contributed by atoms with Crippen LogP contribution in [0.25, 0.3) is 11.5 Å². The second kappa shape index (κ2) is 8.56. The number of likely N-dealkylation sites (tertiary alicyclic amines) is 1. The summed E-state index contributed by atoms with van der Waals surface area (Å²) >= 11 is 0. The standard InChI is InChI=1S/C21H18F3N3O3/c22-15-11-17(24)16(23)10-14(15)21-25-20(26-30-21)18-8-4-5-9-27(18)19(28)12-29-13-6-2-1-3-7-13/h1-3,6-7,10-11,18H,4-5,8-9,12H2/t18-/m1/s1. The van der Waals surface area contributed by atoms with E-state index in [-0.39, 0.29) is 29.8 Å². The predicted molar refractivity (Wildman–Crippen MR) is 99.9 cm³/mol. The molecule has 2 aromatic carbocycles. The Morgan fingerprint density at radius 1 is 1.10 bits per heavy atom. The summed E-state index contributed by atoms with van der Waals surface area (Å²) in [5, 5.41) is 3.86. The zero-order chi connectivity index (χ0) is 21.1. The predicted octanol–water partition coefficient (Wildman–Crippen LogP) is 4.29. The Hall–Kier alpha value is -3.36. The molecule has 156 valence electrons. The van der Waals surface area contributed by atoms with Gasteiger partial charge in [-0.25, -0.2) is 13.2 Å². The number of amides is 1. The molecule has 1 atom stereocenters. The molecule has 1 aliphatic heterocycles. The minimum atomic E-state index is -1.31. The second-order valence-corrected chi connectivity index (χ2v) is 6.90. The van der Waals surface area contributed by atoms with Crippen LogP contribution in [0.4, 0.5) is 13.2 Å². The number of para-hydroxylation sites is 1. The fourth-order valence-electron chi connectivity index (χ4n) is 3.41. The Morgan fingerprint density at radius 3 is 2.67 bits per heavy atom. The molecule has 9 heteroatoms. The van der Waals surface area contributed by atoms with Crippen LogP contribution < -0.4 is 4.74 Å². The average molecular weight is 417 g/mol. The molecule has 0 N–H and O–H groups in total. The average Bonchev–Trinajstić information content (AvgIpc) is 3.25. The van der Waals surface area contributed by atoms with Crippen molar-refractivity contribution in [3.63, 3.8) is 0 Å². The molecule has 0 unspecified atom stereocenters. The number of aromatic nitrogens is 2. The molecule has 1 saturated heterocycles. The van der Waals surface area contributed by atoms with Crippen LogP contribution in [-0.2, 0) is 4.79 Å². The van der Waals surface area contributed by atoms with E-state index in [9.17, 15) is 18.0 Å². The van der Waals surface area contributed by atoms with Crippen LogP contribution in [0.3, 0.4) is 0 Å². The van der Waals surface area contributed by atoms with Crippen LogP contribution in [0.15, 0.2) is 47.0 Å². The molecule has 1 aromatic heterocycles. The van der Waals surface area contributed by atoms with Gasteiger partial charge in [-0.1, -0.05) is 23.4 Å². The second-order valence-electron chi connectivity index (χ2n) is 6.90. The van der Waals surface area contributed by atoms with Gasteiger partial charge >= 0.3 is 0 Å². The minimum absolute atomic E-state index is 0.150. The number of nitrogens with zero attached hydrogens (tertiary/aromatic N) is 3. The monoisotopic (exact) mass is 417 g/mol. The number of hydrogen-bond donors (Lipinski definition) is 0. The number of halogens is 3. The summed E-state index contributed by atoms with van der Waals surface area (Å²) in [6.07, 6.45) is 2.25. The van der Waals surface area contributed by atoms with Gasteiger partial charge in [0.2, 0.25) is 0 Å². The Morgan fingerprint density at radius 2 is 1.87 bits per heavy atom. The highest BCUT2D eigenvalue weighted by Gasteiger charge is 2.32. The lowest BCUT2D eigenvalue weighted by Gasteiger charge is -2.33. The maximum absolute atomic E-state index is 14.0. The van der Waals surface area contributed by atoms with Gasteiger partial charge in [-0.15, -0.1) is 0 Å². The van der Waals surface area contributed by atoms with Crippen LogP contribution in [0.5, 0.6) is 5.75 Å². The van der Waals surface area contributed by atoms with E-state index in [1.807, 2.05) is 18.2 Å². The van der Waals surface area contributed by atoms with Crippen LogP contribution in [0, 0.1) is 17.5 Å². The van der Waals surface area contributed by atoms with Crippen LogP contribution in [-0.4, -0.2) is 34.1 Å². The van der Waals surface area contributed by atoms with E-state index in [1.54, 1.807) is 17.0 Å². The lowest BCUT2D eigenvalue weighted by Crippen LogP contribution is -2.41. The topological polar surface area (TPSA) is 68.5 Å². The number of rotatable bonds is 5. The molecule has 1 amide bonds. The third-order valence-corrected chi connectivity index (χ3v) is 4.91. The summed E-state index contributed by atoms with van der Waals surface area (Å²) in [6.45, 7) is 0.341. The summed E-state index contributed by atoms with van der Waals surface area (Å²) in [4.78, 5) is 18.5. The molecule has 0 radical (unpaired) electrons. The maximum Gasteiger partial charge on any atom is 0.261 e. The van der Waals surface area contributed by atoms with Crippen molar-refractivity contribution in [2.45, 2.75) is 25.3 Å². The molecule has 30 heavy (non-hydrogen) atoms. The summed E-state index contributed by atoms with van der Waals surface area (Å²) in [6, 6.07) is 9.58. The van der Waals surface area contributed by atoms with Gasteiger partial charge in [0.1, 0.15) is 11.6 Å². The molecule has 1 fully saturated rings. The van der Waals surface area contributed by atoms with E-state index in [0.717, 1.165) is 12.8 Å². The van der Waals surface area contributed by atoms with Crippen LogP contribution >= 0.6 is 0 Å². The highest BCUT2D eigenvalue weighted by Crippen LogP contribution is 2.31. The summed E-state index contributed by atoms with van der Waals surface area (Å²) < 4.78 is 51.3. The molecule has 0 aliphatic carbocycles. The first-order valence-corrected chi connectivity index (χ1v) is 9.49. The van der Waals surface area contributed by atoms with Gasteiger partial charge in [0.05, 0.1) is 11.6 Å². The lowest BCUT2D eigenvalue weighted by molar-refractivity contribution is -0.137. The minimum Gasteiger partial charge on any atom is -0.484 e. The van der Waals surface area contributed by atoms with E-state index in [1.165, 1.54) is 0 Å². The molecule has 0 bridgehead atoms. The third kappa shape index (κ3) is 4.14. The third-order valence-electron chi connectivity index (χ3n) is 4.91. The molecule has 2 heterocycles. The van der Waals surface area contributed by atoms with Gasteiger partial charge in [-0.3, -0.25) is 4.79 Å². The smallest absolute Gasteiger partial charge is 0.261 e. The number of piperidine rings is 1. The Bertz CT molecular complexity index is 1040. The number of carbonyl (C=O) groups excluding carboxylic acids is 1. The fraction of sp³-hybridized carbons (Fsp3) is 0.286. The molecule has 1 aliphatic rings.